The molecule has 2 heterocycles. The van der Waals surface area contributed by atoms with Crippen LogP contribution in [0.3, 0.4) is 0 Å². The Bertz CT molecular complexity index is 818. The molecule has 0 spiro atoms. The lowest BCUT2D eigenvalue weighted by Gasteiger charge is -2.08. The van der Waals surface area contributed by atoms with Gasteiger partial charge < -0.3 is 5.73 Å². The summed E-state index contributed by atoms with van der Waals surface area (Å²) in [7, 11) is 0. The standard InChI is InChI=1S/C11H12N6O2S/c1-5(2)17-10(18)13-14-11(17)20-7-4-3-6(12)8-9(7)16-19-15-8/h3-5H,12H2,1-2H3,(H,13,18). The zero-order valence-electron chi connectivity index (χ0n) is 10.8. The van der Waals surface area contributed by atoms with Crippen LogP contribution in [0.1, 0.15) is 19.9 Å². The Labute approximate surface area is 117 Å². The van der Waals surface area contributed by atoms with E-state index in [2.05, 4.69) is 20.5 Å². The molecule has 3 N–H and O–H groups in total. The van der Waals surface area contributed by atoms with E-state index in [0.717, 1.165) is 4.90 Å². The van der Waals surface area contributed by atoms with Gasteiger partial charge in [-0.25, -0.2) is 14.5 Å². The lowest BCUT2D eigenvalue weighted by Crippen LogP contribution is -2.19. The topological polar surface area (TPSA) is 116 Å². The minimum Gasteiger partial charge on any atom is -0.397 e. The number of nitrogens with two attached hydrogens (primary N) is 1. The molecular formula is C11H12N6O2S. The van der Waals surface area contributed by atoms with Crippen LogP contribution in [-0.2, 0) is 0 Å². The van der Waals surface area contributed by atoms with Crippen molar-refractivity contribution in [1.29, 1.82) is 0 Å². The van der Waals surface area contributed by atoms with Gasteiger partial charge in [-0.3, -0.25) is 4.57 Å². The lowest BCUT2D eigenvalue weighted by atomic mass is 10.3. The first-order valence-corrected chi connectivity index (χ1v) is 6.75. The van der Waals surface area contributed by atoms with Gasteiger partial charge in [-0.15, -0.1) is 5.10 Å². The molecule has 0 saturated carbocycles. The van der Waals surface area contributed by atoms with Crippen LogP contribution in [0.5, 0.6) is 0 Å². The highest BCUT2D eigenvalue weighted by molar-refractivity contribution is 7.99. The van der Waals surface area contributed by atoms with Crippen LogP contribution in [0.25, 0.3) is 11.0 Å². The van der Waals surface area contributed by atoms with Crippen molar-refractivity contribution in [2.24, 2.45) is 0 Å². The second-order valence-electron chi connectivity index (χ2n) is 4.49. The van der Waals surface area contributed by atoms with Crippen molar-refractivity contribution in [1.82, 2.24) is 25.1 Å². The largest absolute Gasteiger partial charge is 0.397 e. The Balaban J connectivity index is 2.08. The molecule has 0 fully saturated rings. The van der Waals surface area contributed by atoms with Crippen molar-refractivity contribution >= 4 is 28.5 Å². The van der Waals surface area contributed by atoms with E-state index < -0.39 is 0 Å². The third-order valence-corrected chi connectivity index (χ3v) is 3.82. The Morgan fingerprint density at radius 2 is 2.10 bits per heavy atom. The molecule has 0 saturated heterocycles. The molecule has 104 valence electrons. The first-order valence-electron chi connectivity index (χ1n) is 5.93. The number of H-pyrrole nitrogens is 1. The summed E-state index contributed by atoms with van der Waals surface area (Å²) in [6.07, 6.45) is 0. The fourth-order valence-corrected chi connectivity index (χ4v) is 2.91. The highest BCUT2D eigenvalue weighted by Crippen LogP contribution is 2.33. The van der Waals surface area contributed by atoms with Gasteiger partial charge in [0.25, 0.3) is 0 Å². The van der Waals surface area contributed by atoms with E-state index in [1.165, 1.54) is 11.8 Å². The van der Waals surface area contributed by atoms with Crippen molar-refractivity contribution in [3.8, 4) is 0 Å². The number of fused-ring (bicyclic) bond motifs is 1. The molecule has 0 amide bonds. The maximum atomic E-state index is 11.7. The van der Waals surface area contributed by atoms with E-state index in [1.807, 2.05) is 13.8 Å². The molecule has 2 aromatic heterocycles. The number of nitrogens with one attached hydrogen (secondary N) is 1. The molecule has 1 aromatic carbocycles. The van der Waals surface area contributed by atoms with E-state index in [0.29, 0.717) is 21.9 Å². The molecule has 0 radical (unpaired) electrons. The number of hydrogen-bond acceptors (Lipinski definition) is 7. The first kappa shape index (κ1) is 12.7. The minimum absolute atomic E-state index is 0.00320. The molecule has 0 aliphatic rings. The van der Waals surface area contributed by atoms with Gasteiger partial charge in [0.2, 0.25) is 0 Å². The molecule has 0 atom stereocenters. The molecule has 0 unspecified atom stereocenters. The highest BCUT2D eigenvalue weighted by Gasteiger charge is 2.16. The third kappa shape index (κ3) is 1.95. The highest BCUT2D eigenvalue weighted by atomic mass is 32.2. The Kier molecular flexibility index (Phi) is 2.97. The lowest BCUT2D eigenvalue weighted by molar-refractivity contribution is 0.315. The predicted octanol–water partition coefficient (Wildman–Crippen LogP) is 1.42. The fraction of sp³-hybridized carbons (Fsp3) is 0.273. The summed E-state index contributed by atoms with van der Waals surface area (Å²) in [6, 6.07) is 3.53. The Morgan fingerprint density at radius 1 is 1.35 bits per heavy atom. The van der Waals surface area contributed by atoms with Crippen LogP contribution in [0.2, 0.25) is 0 Å². The number of aromatic nitrogens is 5. The van der Waals surface area contributed by atoms with Crippen molar-refractivity contribution < 1.29 is 4.63 Å². The molecule has 3 rings (SSSR count). The molecular weight excluding hydrogens is 280 g/mol. The van der Waals surface area contributed by atoms with Crippen LogP contribution in [0, 0.1) is 0 Å². The number of anilines is 1. The van der Waals surface area contributed by atoms with E-state index >= 15 is 0 Å². The van der Waals surface area contributed by atoms with Gasteiger partial charge in [0.1, 0.15) is 0 Å². The second-order valence-corrected chi connectivity index (χ2v) is 5.50. The van der Waals surface area contributed by atoms with E-state index in [4.69, 9.17) is 10.4 Å². The van der Waals surface area contributed by atoms with Crippen molar-refractivity contribution in [3.63, 3.8) is 0 Å². The Hall–Kier alpha value is -2.29. The van der Waals surface area contributed by atoms with Gasteiger partial charge in [-0.1, -0.05) is 0 Å². The van der Waals surface area contributed by atoms with E-state index in [1.54, 1.807) is 16.7 Å². The van der Waals surface area contributed by atoms with Crippen molar-refractivity contribution in [3.05, 3.63) is 22.6 Å². The molecule has 3 aromatic rings. The maximum absolute atomic E-state index is 11.7. The summed E-state index contributed by atoms with van der Waals surface area (Å²) in [5.41, 5.74) is 7.11. The van der Waals surface area contributed by atoms with Gasteiger partial charge in [0.05, 0.1) is 5.69 Å². The number of nitrogens with zero attached hydrogens (tertiary/aromatic N) is 4. The average molecular weight is 292 g/mol. The fourth-order valence-electron chi connectivity index (χ4n) is 1.86. The van der Waals surface area contributed by atoms with Crippen molar-refractivity contribution in [2.75, 3.05) is 5.73 Å². The van der Waals surface area contributed by atoms with Crippen LogP contribution in [0.15, 0.2) is 31.6 Å². The molecule has 8 nitrogen and oxygen atoms in total. The predicted molar refractivity (Wildman–Crippen MR) is 73.6 cm³/mol. The summed E-state index contributed by atoms with van der Waals surface area (Å²) >= 11 is 1.31. The van der Waals surface area contributed by atoms with Crippen LogP contribution in [0.4, 0.5) is 5.69 Å². The minimum atomic E-state index is -0.243. The van der Waals surface area contributed by atoms with Gasteiger partial charge in [0, 0.05) is 10.9 Å². The normalized spacial score (nSPS) is 11.6. The van der Waals surface area contributed by atoms with E-state index in [-0.39, 0.29) is 11.7 Å². The third-order valence-electron chi connectivity index (χ3n) is 2.80. The quantitative estimate of drug-likeness (QED) is 0.701. The molecule has 9 heteroatoms. The monoisotopic (exact) mass is 292 g/mol. The summed E-state index contributed by atoms with van der Waals surface area (Å²) < 4.78 is 6.29. The smallest absolute Gasteiger partial charge is 0.344 e. The van der Waals surface area contributed by atoms with E-state index in [9.17, 15) is 4.79 Å². The number of nitrogen functional groups attached to an aromatic ring is 1. The van der Waals surface area contributed by atoms with Gasteiger partial charge in [-0.05, 0) is 48.1 Å². The number of rotatable bonds is 3. The van der Waals surface area contributed by atoms with Gasteiger partial charge in [0.15, 0.2) is 16.2 Å². The summed E-state index contributed by atoms with van der Waals surface area (Å²) in [5, 5.41) is 14.6. The Morgan fingerprint density at radius 3 is 2.85 bits per heavy atom. The first-order chi connectivity index (χ1) is 9.58. The summed E-state index contributed by atoms with van der Waals surface area (Å²) in [5.74, 6) is 0. The zero-order valence-corrected chi connectivity index (χ0v) is 11.6. The number of hydrogen-bond donors (Lipinski definition) is 2. The summed E-state index contributed by atoms with van der Waals surface area (Å²) in [6.45, 7) is 3.83. The van der Waals surface area contributed by atoms with Gasteiger partial charge in [-0.2, -0.15) is 0 Å². The molecule has 0 aliphatic heterocycles. The van der Waals surface area contributed by atoms with Crippen LogP contribution >= 0.6 is 11.8 Å². The number of benzene rings is 1. The van der Waals surface area contributed by atoms with Crippen LogP contribution < -0.4 is 11.4 Å². The molecule has 20 heavy (non-hydrogen) atoms. The van der Waals surface area contributed by atoms with Gasteiger partial charge >= 0.3 is 5.69 Å². The average Bonchev–Trinajstić information content (AvgIpc) is 3.00. The van der Waals surface area contributed by atoms with Crippen LogP contribution in [-0.4, -0.2) is 25.1 Å². The maximum Gasteiger partial charge on any atom is 0.344 e. The second kappa shape index (κ2) is 4.67. The molecule has 0 aliphatic carbocycles. The zero-order chi connectivity index (χ0) is 14.3. The number of aromatic amines is 1. The summed E-state index contributed by atoms with van der Waals surface area (Å²) in [4.78, 5) is 12.5. The molecule has 0 bridgehead atoms. The van der Waals surface area contributed by atoms with Crippen molar-refractivity contribution in [2.45, 2.75) is 29.9 Å². The SMILES string of the molecule is CC(C)n1c(Sc2ccc(N)c3nonc23)n[nH]c1=O.